The van der Waals surface area contributed by atoms with Gasteiger partial charge in [-0.15, -0.1) is 0 Å². The van der Waals surface area contributed by atoms with Crippen molar-refractivity contribution in [1.82, 2.24) is 10.3 Å². The number of nitrogens with zero attached hydrogens (tertiary/aromatic N) is 1. The lowest BCUT2D eigenvalue weighted by Crippen LogP contribution is -2.63. The lowest BCUT2D eigenvalue weighted by atomic mass is 9.79. The van der Waals surface area contributed by atoms with Gasteiger partial charge >= 0.3 is 0 Å². The van der Waals surface area contributed by atoms with Crippen molar-refractivity contribution in [3.05, 3.63) is 0 Å². The normalized spacial score (nSPS) is 26.1. The van der Waals surface area contributed by atoms with Gasteiger partial charge in [-0.25, -0.2) is 0 Å². The summed E-state index contributed by atoms with van der Waals surface area (Å²) in [5.41, 5.74) is 3.38. The van der Waals surface area contributed by atoms with Gasteiger partial charge in [0.25, 0.3) is 0 Å². The van der Waals surface area contributed by atoms with Crippen molar-refractivity contribution >= 4 is 0 Å². The van der Waals surface area contributed by atoms with E-state index in [1.165, 1.54) is 70.9 Å². The van der Waals surface area contributed by atoms with Crippen LogP contribution in [0, 0.1) is 5.92 Å². The Morgan fingerprint density at radius 2 is 1.47 bits per heavy atom. The van der Waals surface area contributed by atoms with Gasteiger partial charge in [-0.1, -0.05) is 32.1 Å². The van der Waals surface area contributed by atoms with E-state index in [4.69, 9.17) is 5.84 Å². The van der Waals surface area contributed by atoms with Crippen LogP contribution >= 0.6 is 0 Å². The maximum absolute atomic E-state index is 5.97. The van der Waals surface area contributed by atoms with Crippen molar-refractivity contribution in [2.75, 3.05) is 13.1 Å². The van der Waals surface area contributed by atoms with Crippen LogP contribution in [0.3, 0.4) is 0 Å². The zero-order chi connectivity index (χ0) is 13.7. The summed E-state index contributed by atoms with van der Waals surface area (Å²) in [4.78, 5) is 2.67. The molecule has 0 aromatic heterocycles. The first-order valence-electron chi connectivity index (χ1n) is 8.37. The number of nitrogens with one attached hydrogen (secondary N) is 1. The van der Waals surface area contributed by atoms with Gasteiger partial charge in [0.2, 0.25) is 0 Å². The van der Waals surface area contributed by atoms with E-state index in [-0.39, 0.29) is 5.54 Å². The minimum atomic E-state index is 0.185. The molecule has 0 radical (unpaired) electrons. The minimum Gasteiger partial charge on any atom is -0.297 e. The van der Waals surface area contributed by atoms with Crippen LogP contribution in [-0.2, 0) is 0 Å². The largest absolute Gasteiger partial charge is 0.297 e. The lowest BCUT2D eigenvalue weighted by Gasteiger charge is -2.48. The van der Waals surface area contributed by atoms with Gasteiger partial charge in [-0.3, -0.25) is 16.2 Å². The highest BCUT2D eigenvalue weighted by molar-refractivity contribution is 4.97. The first kappa shape index (κ1) is 15.3. The molecule has 1 heterocycles. The standard InChI is InChI=1S/C16H33N3/c1-16(2,19-12-8-5-9-13-19)15(18-17)14-10-6-3-4-7-11-14/h14-15,18H,3-13,17H2,1-2H3. The van der Waals surface area contributed by atoms with Gasteiger partial charge in [0.05, 0.1) is 0 Å². The number of hydrazine groups is 1. The molecule has 2 fully saturated rings. The summed E-state index contributed by atoms with van der Waals surface area (Å²) >= 11 is 0. The molecule has 3 heteroatoms. The molecule has 0 amide bonds. The first-order chi connectivity index (χ1) is 9.16. The topological polar surface area (TPSA) is 41.3 Å². The van der Waals surface area contributed by atoms with Crippen LogP contribution in [0.15, 0.2) is 0 Å². The number of nitrogens with two attached hydrogens (primary N) is 1. The molecule has 1 aliphatic heterocycles. The third-order valence-electron chi connectivity index (χ3n) is 5.48. The zero-order valence-corrected chi connectivity index (χ0v) is 13.0. The highest BCUT2D eigenvalue weighted by Gasteiger charge is 2.39. The minimum absolute atomic E-state index is 0.185. The molecule has 1 aliphatic carbocycles. The van der Waals surface area contributed by atoms with E-state index in [1.807, 2.05) is 0 Å². The second kappa shape index (κ2) is 7.05. The Morgan fingerprint density at radius 3 is 2.00 bits per heavy atom. The molecule has 2 aliphatic rings. The molecule has 1 saturated carbocycles. The van der Waals surface area contributed by atoms with Crippen LogP contribution in [0.4, 0.5) is 0 Å². The van der Waals surface area contributed by atoms with E-state index in [9.17, 15) is 0 Å². The van der Waals surface area contributed by atoms with Crippen molar-refractivity contribution in [3.8, 4) is 0 Å². The molecule has 112 valence electrons. The monoisotopic (exact) mass is 267 g/mol. The smallest absolute Gasteiger partial charge is 0.0417 e. The van der Waals surface area contributed by atoms with Crippen molar-refractivity contribution in [3.63, 3.8) is 0 Å². The Labute approximate surface area is 119 Å². The Balaban J connectivity index is 2.04. The van der Waals surface area contributed by atoms with Crippen LogP contribution in [0.25, 0.3) is 0 Å². The molecule has 19 heavy (non-hydrogen) atoms. The highest BCUT2D eigenvalue weighted by Crippen LogP contribution is 2.33. The molecular weight excluding hydrogens is 234 g/mol. The number of likely N-dealkylation sites (tertiary alicyclic amines) is 1. The van der Waals surface area contributed by atoms with E-state index < -0.39 is 0 Å². The van der Waals surface area contributed by atoms with Crippen molar-refractivity contribution in [2.45, 2.75) is 83.2 Å². The second-order valence-corrected chi connectivity index (χ2v) is 7.10. The van der Waals surface area contributed by atoms with Crippen LogP contribution in [0.2, 0.25) is 0 Å². The average Bonchev–Trinajstić information content (AvgIpc) is 2.69. The summed E-state index contributed by atoms with van der Waals surface area (Å²) in [6, 6.07) is 0.434. The molecule has 3 N–H and O–H groups in total. The van der Waals surface area contributed by atoms with Gasteiger partial charge in [0.1, 0.15) is 0 Å². The summed E-state index contributed by atoms with van der Waals surface area (Å²) in [6.07, 6.45) is 12.4. The maximum atomic E-state index is 5.97. The molecule has 2 rings (SSSR count). The van der Waals surface area contributed by atoms with E-state index in [0.717, 1.165) is 5.92 Å². The van der Waals surface area contributed by atoms with Gasteiger partial charge < -0.3 is 0 Å². The fraction of sp³-hybridized carbons (Fsp3) is 1.00. The quantitative estimate of drug-likeness (QED) is 0.467. The first-order valence-corrected chi connectivity index (χ1v) is 8.37. The molecule has 0 bridgehead atoms. The van der Waals surface area contributed by atoms with Crippen LogP contribution < -0.4 is 11.3 Å². The van der Waals surface area contributed by atoms with E-state index in [2.05, 4.69) is 24.2 Å². The Bertz CT molecular complexity index is 251. The molecule has 3 nitrogen and oxygen atoms in total. The predicted molar refractivity (Wildman–Crippen MR) is 81.8 cm³/mol. The second-order valence-electron chi connectivity index (χ2n) is 7.10. The Hall–Kier alpha value is -0.120. The van der Waals surface area contributed by atoms with E-state index in [0.29, 0.717) is 6.04 Å². The summed E-state index contributed by atoms with van der Waals surface area (Å²) in [5, 5.41) is 0. The summed E-state index contributed by atoms with van der Waals surface area (Å²) in [7, 11) is 0. The summed E-state index contributed by atoms with van der Waals surface area (Å²) < 4.78 is 0. The maximum Gasteiger partial charge on any atom is 0.0417 e. The van der Waals surface area contributed by atoms with Gasteiger partial charge in [0.15, 0.2) is 0 Å². The zero-order valence-electron chi connectivity index (χ0n) is 13.0. The molecule has 1 unspecified atom stereocenters. The van der Waals surface area contributed by atoms with Gasteiger partial charge in [-0.05, 0) is 58.5 Å². The van der Waals surface area contributed by atoms with E-state index in [1.54, 1.807) is 0 Å². The number of piperidine rings is 1. The fourth-order valence-corrected chi connectivity index (χ4v) is 4.23. The number of rotatable bonds is 4. The molecular formula is C16H33N3. The molecule has 1 saturated heterocycles. The van der Waals surface area contributed by atoms with Crippen LogP contribution in [-0.4, -0.2) is 29.6 Å². The Kier molecular flexibility index (Phi) is 5.67. The summed E-state index contributed by atoms with van der Waals surface area (Å²) in [5.74, 6) is 6.72. The number of hydrogen-bond acceptors (Lipinski definition) is 3. The van der Waals surface area contributed by atoms with Crippen molar-refractivity contribution in [2.24, 2.45) is 11.8 Å². The van der Waals surface area contributed by atoms with Crippen LogP contribution in [0.1, 0.15) is 71.6 Å². The highest BCUT2D eigenvalue weighted by atomic mass is 15.3. The fourth-order valence-electron chi connectivity index (χ4n) is 4.23. The predicted octanol–water partition coefficient (Wildman–Crippen LogP) is 3.05. The lowest BCUT2D eigenvalue weighted by molar-refractivity contribution is 0.0368. The van der Waals surface area contributed by atoms with Gasteiger partial charge in [-0.2, -0.15) is 0 Å². The average molecular weight is 267 g/mol. The molecule has 0 spiro atoms. The third-order valence-corrected chi connectivity index (χ3v) is 5.48. The molecule has 0 aromatic rings. The molecule has 1 atom stereocenters. The SMILES string of the molecule is CC(C)(C(NN)C1CCCCCC1)N1CCCCC1. The van der Waals surface area contributed by atoms with Crippen molar-refractivity contribution < 1.29 is 0 Å². The van der Waals surface area contributed by atoms with E-state index >= 15 is 0 Å². The van der Waals surface area contributed by atoms with Gasteiger partial charge in [0, 0.05) is 11.6 Å². The van der Waals surface area contributed by atoms with Crippen LogP contribution in [0.5, 0.6) is 0 Å². The number of hydrogen-bond donors (Lipinski definition) is 2. The third kappa shape index (κ3) is 3.71. The summed E-state index contributed by atoms with van der Waals surface area (Å²) in [6.45, 7) is 7.29. The molecule has 0 aromatic carbocycles. The Morgan fingerprint density at radius 1 is 0.947 bits per heavy atom. The van der Waals surface area contributed by atoms with Crippen molar-refractivity contribution in [1.29, 1.82) is 0 Å².